The van der Waals surface area contributed by atoms with Crippen LogP contribution in [0.25, 0.3) is 0 Å². The highest BCUT2D eigenvalue weighted by Gasteiger charge is 2.37. The van der Waals surface area contributed by atoms with Crippen LogP contribution < -0.4 is 5.32 Å². The van der Waals surface area contributed by atoms with Crippen LogP contribution in [0, 0.1) is 23.7 Å². The third-order valence-corrected chi connectivity index (χ3v) is 5.71. The maximum atomic E-state index is 3.90. The van der Waals surface area contributed by atoms with Gasteiger partial charge in [-0.1, -0.05) is 12.2 Å². The van der Waals surface area contributed by atoms with Crippen molar-refractivity contribution in [1.29, 1.82) is 0 Å². The average Bonchev–Trinajstić information content (AvgIpc) is 3.00. The van der Waals surface area contributed by atoms with E-state index in [9.17, 15) is 0 Å². The van der Waals surface area contributed by atoms with E-state index < -0.39 is 0 Å². The maximum absolute atomic E-state index is 3.90. The van der Waals surface area contributed by atoms with E-state index in [2.05, 4.69) is 22.4 Å². The Labute approximate surface area is 104 Å². The van der Waals surface area contributed by atoms with Gasteiger partial charge >= 0.3 is 0 Å². The molecule has 0 aromatic rings. The molecule has 0 amide bonds. The minimum Gasteiger partial charge on any atom is -0.312 e. The van der Waals surface area contributed by atoms with E-state index in [4.69, 9.17) is 0 Å². The van der Waals surface area contributed by atoms with E-state index >= 15 is 0 Å². The van der Waals surface area contributed by atoms with Crippen LogP contribution in [0.4, 0.5) is 0 Å². The van der Waals surface area contributed by atoms with Crippen LogP contribution in [0.2, 0.25) is 0 Å². The van der Waals surface area contributed by atoms with Gasteiger partial charge in [0.25, 0.3) is 0 Å². The van der Waals surface area contributed by atoms with Crippen LogP contribution in [0.15, 0.2) is 12.2 Å². The Hall–Kier alpha value is -0.340. The van der Waals surface area contributed by atoms with Gasteiger partial charge in [0.15, 0.2) is 0 Å². The topological polar surface area (TPSA) is 15.3 Å². The quantitative estimate of drug-likeness (QED) is 0.748. The Morgan fingerprint density at radius 2 is 2.00 bits per heavy atom. The predicted octanol–water partition coefficient (Wildman–Crippen LogP) is 1.88. The van der Waals surface area contributed by atoms with Crippen LogP contribution in [0.3, 0.4) is 0 Å². The highest BCUT2D eigenvalue weighted by Crippen LogP contribution is 2.43. The highest BCUT2D eigenvalue weighted by molar-refractivity contribution is 5.10. The summed E-state index contributed by atoms with van der Waals surface area (Å²) in [4.78, 5) is 2.65. The summed E-state index contributed by atoms with van der Waals surface area (Å²) in [7, 11) is 0. The molecule has 4 atom stereocenters. The minimum absolute atomic E-state index is 0.806. The fourth-order valence-corrected chi connectivity index (χ4v) is 4.63. The van der Waals surface area contributed by atoms with Gasteiger partial charge in [-0.25, -0.2) is 0 Å². The molecule has 0 aromatic heterocycles. The maximum Gasteiger partial charge on any atom is 0.0224 e. The van der Waals surface area contributed by atoms with Gasteiger partial charge in [0.05, 0.1) is 0 Å². The molecule has 3 saturated heterocycles. The monoisotopic (exact) mass is 232 g/mol. The van der Waals surface area contributed by atoms with Gasteiger partial charge in [-0.3, -0.25) is 0 Å². The Bertz CT molecular complexity index is 317. The smallest absolute Gasteiger partial charge is 0.0224 e. The van der Waals surface area contributed by atoms with Gasteiger partial charge in [-0.15, -0.1) is 0 Å². The zero-order valence-electron chi connectivity index (χ0n) is 10.6. The standard InChI is InChI=1S/C15H24N2/c1-2-13-7-11(1)8-14(13)9-16-15-10-17-5-3-12(15)4-6-17/h1-2,11-16H,3-10H2. The van der Waals surface area contributed by atoms with Crippen molar-refractivity contribution in [2.24, 2.45) is 23.7 Å². The lowest BCUT2D eigenvalue weighted by Crippen LogP contribution is -2.56. The SMILES string of the molecule is C1=CC2CC1CC2CNC1CN2CCC1CC2. The molecule has 94 valence electrons. The summed E-state index contributed by atoms with van der Waals surface area (Å²) in [6, 6.07) is 0.806. The predicted molar refractivity (Wildman–Crippen MR) is 69.8 cm³/mol. The molecular weight excluding hydrogens is 208 g/mol. The van der Waals surface area contributed by atoms with Gasteiger partial charge in [0.2, 0.25) is 0 Å². The zero-order valence-corrected chi connectivity index (χ0v) is 10.6. The van der Waals surface area contributed by atoms with Crippen molar-refractivity contribution in [2.75, 3.05) is 26.2 Å². The molecule has 5 aliphatic rings. The van der Waals surface area contributed by atoms with Crippen LogP contribution in [0.5, 0.6) is 0 Å². The zero-order chi connectivity index (χ0) is 11.2. The van der Waals surface area contributed by atoms with Gasteiger partial charge < -0.3 is 10.2 Å². The molecule has 0 radical (unpaired) electrons. The Kier molecular flexibility index (Phi) is 2.55. The largest absolute Gasteiger partial charge is 0.312 e. The lowest BCUT2D eigenvalue weighted by Gasteiger charge is -2.45. The molecular formula is C15H24N2. The van der Waals surface area contributed by atoms with Crippen LogP contribution in [-0.2, 0) is 0 Å². The summed E-state index contributed by atoms with van der Waals surface area (Å²) in [5.41, 5.74) is 0. The second-order valence-corrected chi connectivity index (χ2v) is 6.69. The van der Waals surface area contributed by atoms with Gasteiger partial charge in [0, 0.05) is 12.6 Å². The summed E-state index contributed by atoms with van der Waals surface area (Å²) in [5, 5.41) is 3.90. The average molecular weight is 232 g/mol. The van der Waals surface area contributed by atoms with Gasteiger partial charge in [-0.05, 0) is 69.0 Å². The first-order valence-corrected chi connectivity index (χ1v) is 7.52. The van der Waals surface area contributed by atoms with Gasteiger partial charge in [0.1, 0.15) is 0 Å². The normalized spacial score (nSPS) is 51.3. The molecule has 1 N–H and O–H groups in total. The number of nitrogens with zero attached hydrogens (tertiary/aromatic N) is 1. The summed E-state index contributed by atoms with van der Waals surface area (Å²) in [6.45, 7) is 5.32. The fraction of sp³-hybridized carbons (Fsp3) is 0.867. The van der Waals surface area contributed by atoms with Crippen LogP contribution in [-0.4, -0.2) is 37.1 Å². The molecule has 2 heteroatoms. The molecule has 4 unspecified atom stereocenters. The molecule has 3 heterocycles. The van der Waals surface area contributed by atoms with E-state index in [0.29, 0.717) is 0 Å². The van der Waals surface area contributed by atoms with Gasteiger partial charge in [-0.2, -0.15) is 0 Å². The second kappa shape index (κ2) is 4.10. The molecule has 5 rings (SSSR count). The summed E-state index contributed by atoms with van der Waals surface area (Å²) >= 11 is 0. The highest BCUT2D eigenvalue weighted by atomic mass is 15.2. The van der Waals surface area contributed by atoms with E-state index in [1.165, 1.54) is 51.9 Å². The van der Waals surface area contributed by atoms with Crippen molar-refractivity contribution < 1.29 is 0 Å². The molecule has 2 nitrogen and oxygen atoms in total. The molecule has 17 heavy (non-hydrogen) atoms. The molecule has 4 bridgehead atoms. The van der Waals surface area contributed by atoms with Crippen molar-refractivity contribution in [3.8, 4) is 0 Å². The van der Waals surface area contributed by atoms with E-state index in [0.717, 1.165) is 29.7 Å². The number of rotatable bonds is 3. The fourth-order valence-electron chi connectivity index (χ4n) is 4.63. The Balaban J connectivity index is 1.32. The van der Waals surface area contributed by atoms with Crippen molar-refractivity contribution in [2.45, 2.75) is 31.7 Å². The molecule has 2 aliphatic carbocycles. The first-order valence-electron chi connectivity index (χ1n) is 7.52. The van der Waals surface area contributed by atoms with Crippen molar-refractivity contribution in [1.82, 2.24) is 10.2 Å². The minimum atomic E-state index is 0.806. The third kappa shape index (κ3) is 1.86. The Morgan fingerprint density at radius 1 is 1.12 bits per heavy atom. The number of fused-ring (bicyclic) bond motifs is 5. The lowest BCUT2D eigenvalue weighted by atomic mass is 9.83. The molecule has 3 aliphatic heterocycles. The van der Waals surface area contributed by atoms with Crippen LogP contribution >= 0.6 is 0 Å². The van der Waals surface area contributed by atoms with Crippen molar-refractivity contribution in [3.05, 3.63) is 12.2 Å². The van der Waals surface area contributed by atoms with E-state index in [-0.39, 0.29) is 0 Å². The summed E-state index contributed by atoms with van der Waals surface area (Å²) in [5.74, 6) is 3.77. The third-order valence-electron chi connectivity index (χ3n) is 5.71. The summed E-state index contributed by atoms with van der Waals surface area (Å²) < 4.78 is 0. The number of allylic oxidation sites excluding steroid dienone is 2. The molecule has 4 fully saturated rings. The first-order chi connectivity index (χ1) is 8.38. The number of piperidine rings is 3. The van der Waals surface area contributed by atoms with Crippen LogP contribution in [0.1, 0.15) is 25.7 Å². The van der Waals surface area contributed by atoms with Crippen molar-refractivity contribution >= 4 is 0 Å². The molecule has 0 aromatic carbocycles. The molecule has 1 saturated carbocycles. The second-order valence-electron chi connectivity index (χ2n) is 6.69. The summed E-state index contributed by atoms with van der Waals surface area (Å²) in [6.07, 6.45) is 10.7. The number of hydrogen-bond acceptors (Lipinski definition) is 2. The first kappa shape index (κ1) is 10.6. The number of nitrogens with one attached hydrogen (secondary N) is 1. The number of hydrogen-bond donors (Lipinski definition) is 1. The van der Waals surface area contributed by atoms with E-state index in [1.54, 1.807) is 0 Å². The lowest BCUT2D eigenvalue weighted by molar-refractivity contribution is 0.0701. The molecule has 0 spiro atoms. The van der Waals surface area contributed by atoms with E-state index in [1.807, 2.05) is 0 Å². The Morgan fingerprint density at radius 3 is 2.59 bits per heavy atom. The van der Waals surface area contributed by atoms with Crippen molar-refractivity contribution in [3.63, 3.8) is 0 Å².